The third-order valence-electron chi connectivity index (χ3n) is 5.16. The molecule has 0 bridgehead atoms. The normalized spacial score (nSPS) is 17.8. The standard InChI is InChI=1S/C20H15N5O3/c21-10-12-3-1-4-13(7-12)11-25-20(27)14-9-17-15(8-16(14)22-23-25)19(26)24-6-2-5-18(24)28-17/h1,3-4,7-9,18H,2,5-6,11H2. The van der Waals surface area contributed by atoms with Crippen LogP contribution < -0.4 is 10.3 Å². The van der Waals surface area contributed by atoms with Gasteiger partial charge in [-0.1, -0.05) is 17.3 Å². The van der Waals surface area contributed by atoms with Gasteiger partial charge in [0.2, 0.25) is 0 Å². The van der Waals surface area contributed by atoms with Gasteiger partial charge in [0.25, 0.3) is 11.5 Å². The smallest absolute Gasteiger partial charge is 0.278 e. The molecular formula is C20H15N5O3. The van der Waals surface area contributed by atoms with E-state index in [9.17, 15) is 9.59 Å². The summed E-state index contributed by atoms with van der Waals surface area (Å²) in [6.45, 7) is 0.876. The average Bonchev–Trinajstić information content (AvgIpc) is 3.19. The van der Waals surface area contributed by atoms with E-state index < -0.39 is 0 Å². The molecule has 2 aliphatic rings. The van der Waals surface area contributed by atoms with Gasteiger partial charge in [0, 0.05) is 13.0 Å². The highest BCUT2D eigenvalue weighted by atomic mass is 16.5. The van der Waals surface area contributed by atoms with Crippen LogP contribution in [0.5, 0.6) is 5.75 Å². The number of ether oxygens (including phenoxy) is 1. The zero-order valence-corrected chi connectivity index (χ0v) is 14.8. The lowest BCUT2D eigenvalue weighted by Gasteiger charge is -2.31. The van der Waals surface area contributed by atoms with Crippen molar-refractivity contribution in [1.82, 2.24) is 19.9 Å². The molecule has 1 saturated heterocycles. The zero-order valence-electron chi connectivity index (χ0n) is 14.8. The van der Waals surface area contributed by atoms with Crippen LogP contribution in [0.3, 0.4) is 0 Å². The van der Waals surface area contributed by atoms with Crippen LogP contribution in [0.15, 0.2) is 41.2 Å². The molecule has 1 aromatic heterocycles. The largest absolute Gasteiger partial charge is 0.470 e. The minimum atomic E-state index is -0.319. The molecule has 138 valence electrons. The third kappa shape index (κ3) is 2.52. The summed E-state index contributed by atoms with van der Waals surface area (Å²) in [7, 11) is 0. The first-order valence-electron chi connectivity index (χ1n) is 9.02. The Morgan fingerprint density at radius 2 is 2.14 bits per heavy atom. The van der Waals surface area contributed by atoms with E-state index in [-0.39, 0.29) is 24.2 Å². The first kappa shape index (κ1) is 16.4. The van der Waals surface area contributed by atoms with E-state index in [1.165, 1.54) is 4.68 Å². The predicted molar refractivity (Wildman–Crippen MR) is 98.7 cm³/mol. The number of hydrogen-bond acceptors (Lipinski definition) is 6. The Morgan fingerprint density at radius 1 is 1.25 bits per heavy atom. The second-order valence-corrected chi connectivity index (χ2v) is 6.94. The molecular weight excluding hydrogens is 358 g/mol. The first-order chi connectivity index (χ1) is 13.6. The fraction of sp³-hybridized carbons (Fsp3) is 0.250. The molecule has 3 heterocycles. The number of nitriles is 1. The van der Waals surface area contributed by atoms with Gasteiger partial charge >= 0.3 is 0 Å². The Balaban J connectivity index is 1.57. The summed E-state index contributed by atoms with van der Waals surface area (Å²) in [5.41, 5.74) is 1.75. The number of benzene rings is 2. The average molecular weight is 373 g/mol. The summed E-state index contributed by atoms with van der Waals surface area (Å²) in [5, 5.41) is 17.5. The highest BCUT2D eigenvalue weighted by Gasteiger charge is 2.37. The van der Waals surface area contributed by atoms with Crippen molar-refractivity contribution < 1.29 is 9.53 Å². The van der Waals surface area contributed by atoms with Crippen molar-refractivity contribution in [3.05, 3.63) is 63.4 Å². The summed E-state index contributed by atoms with van der Waals surface area (Å²) in [4.78, 5) is 27.3. The number of rotatable bonds is 2. The van der Waals surface area contributed by atoms with Crippen LogP contribution in [0.25, 0.3) is 10.9 Å². The lowest BCUT2D eigenvalue weighted by molar-refractivity contribution is 0.0295. The van der Waals surface area contributed by atoms with E-state index in [1.54, 1.807) is 35.2 Å². The first-order valence-corrected chi connectivity index (χ1v) is 9.02. The molecule has 1 unspecified atom stereocenters. The van der Waals surface area contributed by atoms with Gasteiger partial charge in [-0.05, 0) is 36.2 Å². The van der Waals surface area contributed by atoms with Crippen LogP contribution >= 0.6 is 0 Å². The maximum Gasteiger partial charge on any atom is 0.278 e. The maximum absolute atomic E-state index is 12.9. The summed E-state index contributed by atoms with van der Waals surface area (Å²) >= 11 is 0. The van der Waals surface area contributed by atoms with Crippen molar-refractivity contribution in [2.75, 3.05) is 6.54 Å². The van der Waals surface area contributed by atoms with Gasteiger partial charge in [0.1, 0.15) is 11.3 Å². The highest BCUT2D eigenvalue weighted by Crippen LogP contribution is 2.34. The molecule has 0 spiro atoms. The minimum Gasteiger partial charge on any atom is -0.470 e. The van der Waals surface area contributed by atoms with E-state index >= 15 is 0 Å². The van der Waals surface area contributed by atoms with E-state index in [2.05, 4.69) is 16.4 Å². The van der Waals surface area contributed by atoms with Crippen molar-refractivity contribution in [1.29, 1.82) is 5.26 Å². The van der Waals surface area contributed by atoms with Crippen LogP contribution in [-0.2, 0) is 6.54 Å². The number of hydrogen-bond donors (Lipinski definition) is 0. The fourth-order valence-electron chi connectivity index (χ4n) is 3.78. The van der Waals surface area contributed by atoms with Gasteiger partial charge in [0.15, 0.2) is 6.23 Å². The van der Waals surface area contributed by atoms with Crippen molar-refractivity contribution in [2.45, 2.75) is 25.6 Å². The van der Waals surface area contributed by atoms with E-state index in [0.29, 0.717) is 34.3 Å². The molecule has 0 radical (unpaired) electrons. The Labute approximate surface area is 159 Å². The van der Waals surface area contributed by atoms with Gasteiger partial charge in [-0.15, -0.1) is 5.10 Å². The van der Waals surface area contributed by atoms with Gasteiger partial charge in [0.05, 0.1) is 29.1 Å². The number of amides is 1. The summed E-state index contributed by atoms with van der Waals surface area (Å²) in [5.74, 6) is 0.328. The van der Waals surface area contributed by atoms with Gasteiger partial charge in [-0.2, -0.15) is 5.26 Å². The second-order valence-electron chi connectivity index (χ2n) is 6.94. The van der Waals surface area contributed by atoms with Crippen molar-refractivity contribution >= 4 is 16.8 Å². The van der Waals surface area contributed by atoms with Gasteiger partial charge < -0.3 is 9.64 Å². The molecule has 8 nitrogen and oxygen atoms in total. The quantitative estimate of drug-likeness (QED) is 0.677. The molecule has 3 aromatic rings. The van der Waals surface area contributed by atoms with Crippen molar-refractivity contribution in [3.63, 3.8) is 0 Å². The molecule has 5 rings (SSSR count). The van der Waals surface area contributed by atoms with Crippen LogP contribution in [0.1, 0.15) is 34.3 Å². The monoisotopic (exact) mass is 373 g/mol. The third-order valence-corrected chi connectivity index (χ3v) is 5.16. The number of nitrogens with zero attached hydrogens (tertiary/aromatic N) is 5. The lowest BCUT2D eigenvalue weighted by Crippen LogP contribution is -2.43. The fourth-order valence-corrected chi connectivity index (χ4v) is 3.78. The van der Waals surface area contributed by atoms with Crippen LogP contribution in [0.4, 0.5) is 0 Å². The molecule has 28 heavy (non-hydrogen) atoms. The molecule has 2 aliphatic heterocycles. The molecule has 1 atom stereocenters. The SMILES string of the molecule is N#Cc1cccc(Cn2nnc3cc4c(cc3c2=O)OC2CCCN2C4=O)c1. The topological polar surface area (TPSA) is 101 Å². The molecule has 1 amide bonds. The van der Waals surface area contributed by atoms with Crippen LogP contribution in [0.2, 0.25) is 0 Å². The Bertz CT molecular complexity index is 1230. The van der Waals surface area contributed by atoms with Crippen LogP contribution in [-0.4, -0.2) is 38.6 Å². The maximum atomic E-state index is 12.9. The Hall–Kier alpha value is -3.73. The minimum absolute atomic E-state index is 0.0926. The number of aromatic nitrogens is 3. The van der Waals surface area contributed by atoms with Crippen molar-refractivity contribution in [2.24, 2.45) is 0 Å². The number of carbonyl (C=O) groups excluding carboxylic acids is 1. The Kier molecular flexibility index (Phi) is 3.62. The summed E-state index contributed by atoms with van der Waals surface area (Å²) in [6, 6.07) is 12.2. The number of carbonyl (C=O) groups is 1. The van der Waals surface area contributed by atoms with Gasteiger partial charge in [-0.3, -0.25) is 9.59 Å². The summed E-state index contributed by atoms with van der Waals surface area (Å²) < 4.78 is 7.20. The summed E-state index contributed by atoms with van der Waals surface area (Å²) in [6.07, 6.45) is 1.43. The lowest BCUT2D eigenvalue weighted by atomic mass is 10.1. The Morgan fingerprint density at radius 3 is 3.00 bits per heavy atom. The molecule has 8 heteroatoms. The van der Waals surface area contributed by atoms with Gasteiger partial charge in [-0.25, -0.2) is 4.68 Å². The molecule has 0 N–H and O–H groups in total. The van der Waals surface area contributed by atoms with E-state index in [1.807, 2.05) is 6.07 Å². The van der Waals surface area contributed by atoms with Crippen molar-refractivity contribution in [3.8, 4) is 11.8 Å². The predicted octanol–water partition coefficient (Wildman–Crippen LogP) is 1.67. The highest BCUT2D eigenvalue weighted by molar-refractivity contribution is 6.01. The molecule has 0 saturated carbocycles. The zero-order chi connectivity index (χ0) is 19.3. The van der Waals surface area contributed by atoms with E-state index in [4.69, 9.17) is 10.00 Å². The second kappa shape index (κ2) is 6.16. The molecule has 1 fully saturated rings. The van der Waals surface area contributed by atoms with Crippen LogP contribution in [0, 0.1) is 11.3 Å². The number of fused-ring (bicyclic) bond motifs is 3. The molecule has 2 aromatic carbocycles. The van der Waals surface area contributed by atoms with E-state index in [0.717, 1.165) is 18.4 Å². The molecule has 0 aliphatic carbocycles.